The summed E-state index contributed by atoms with van der Waals surface area (Å²) in [6, 6.07) is 4.25. The number of carbonyl (C=O) groups is 1. The number of ether oxygens (including phenoxy) is 1. The van der Waals surface area contributed by atoms with Crippen molar-refractivity contribution in [1.29, 1.82) is 0 Å². The van der Waals surface area contributed by atoms with E-state index in [2.05, 4.69) is 9.13 Å². The molecule has 10 heteroatoms. The molecule has 20 heavy (non-hydrogen) atoms. The van der Waals surface area contributed by atoms with Crippen LogP contribution in [0.5, 0.6) is 0 Å². The van der Waals surface area contributed by atoms with Gasteiger partial charge in [-0.25, -0.2) is 4.79 Å². The fourth-order valence-corrected chi connectivity index (χ4v) is 2.21. The molecule has 0 saturated heterocycles. The van der Waals surface area contributed by atoms with Crippen molar-refractivity contribution in [3.8, 4) is 0 Å². The van der Waals surface area contributed by atoms with Crippen LogP contribution in [0.15, 0.2) is 33.6 Å². The standard InChI is InChI=1S/C10H7ClF3NO4S/c1-19-9(16)8(10(12,13)14)15-20(17,18)7-4-2-6(11)3-5-7/h2-5H,1H3/b15-8+. The van der Waals surface area contributed by atoms with Crippen molar-refractivity contribution in [2.24, 2.45) is 4.40 Å². The minimum Gasteiger partial charge on any atom is -0.464 e. The fourth-order valence-electron chi connectivity index (χ4n) is 1.08. The third-order valence-electron chi connectivity index (χ3n) is 1.97. The number of nitrogens with zero attached hydrogens (tertiary/aromatic N) is 1. The van der Waals surface area contributed by atoms with Gasteiger partial charge in [0, 0.05) is 5.02 Å². The van der Waals surface area contributed by atoms with E-state index >= 15 is 0 Å². The van der Waals surface area contributed by atoms with Gasteiger partial charge < -0.3 is 4.74 Å². The first-order valence-electron chi connectivity index (χ1n) is 4.84. The van der Waals surface area contributed by atoms with Crippen LogP contribution < -0.4 is 0 Å². The predicted molar refractivity (Wildman–Crippen MR) is 64.1 cm³/mol. The molecule has 0 atom stereocenters. The summed E-state index contributed by atoms with van der Waals surface area (Å²) in [6.45, 7) is 0. The van der Waals surface area contributed by atoms with Gasteiger partial charge in [0.15, 0.2) is 0 Å². The third kappa shape index (κ3) is 3.94. The van der Waals surface area contributed by atoms with Gasteiger partial charge in [-0.05, 0) is 24.3 Å². The van der Waals surface area contributed by atoms with Crippen molar-refractivity contribution in [1.82, 2.24) is 0 Å². The van der Waals surface area contributed by atoms with Crippen LogP contribution in [-0.2, 0) is 19.6 Å². The molecule has 0 fully saturated rings. The molecule has 0 unspecified atom stereocenters. The monoisotopic (exact) mass is 329 g/mol. The number of sulfonamides is 1. The minimum atomic E-state index is -5.26. The van der Waals surface area contributed by atoms with Gasteiger partial charge in [-0.1, -0.05) is 11.6 Å². The fraction of sp³-hybridized carbons (Fsp3) is 0.200. The van der Waals surface area contributed by atoms with Crippen LogP contribution in [0, 0.1) is 0 Å². The average molecular weight is 330 g/mol. The highest BCUT2D eigenvalue weighted by Crippen LogP contribution is 2.22. The van der Waals surface area contributed by atoms with Crippen LogP contribution in [-0.4, -0.2) is 33.4 Å². The normalized spacial score (nSPS) is 13.2. The molecule has 0 bridgehead atoms. The van der Waals surface area contributed by atoms with Crippen molar-refractivity contribution in [2.45, 2.75) is 11.1 Å². The van der Waals surface area contributed by atoms with Gasteiger partial charge in [-0.3, -0.25) is 0 Å². The van der Waals surface area contributed by atoms with Gasteiger partial charge in [0.1, 0.15) is 0 Å². The van der Waals surface area contributed by atoms with Crippen LogP contribution in [0.1, 0.15) is 0 Å². The van der Waals surface area contributed by atoms with Gasteiger partial charge in [-0.2, -0.15) is 21.6 Å². The van der Waals surface area contributed by atoms with Crippen molar-refractivity contribution < 1.29 is 31.1 Å². The van der Waals surface area contributed by atoms with Crippen LogP contribution >= 0.6 is 11.6 Å². The van der Waals surface area contributed by atoms with Crippen LogP contribution in [0.3, 0.4) is 0 Å². The van der Waals surface area contributed by atoms with Gasteiger partial charge >= 0.3 is 12.1 Å². The van der Waals surface area contributed by atoms with E-state index in [-0.39, 0.29) is 5.02 Å². The van der Waals surface area contributed by atoms with E-state index in [1.165, 1.54) is 0 Å². The summed E-state index contributed by atoms with van der Waals surface area (Å²) in [5.74, 6) is -1.89. The van der Waals surface area contributed by atoms with Crippen molar-refractivity contribution in [2.75, 3.05) is 7.11 Å². The number of hydrogen-bond donors (Lipinski definition) is 0. The topological polar surface area (TPSA) is 72.8 Å². The zero-order chi connectivity index (χ0) is 15.6. The van der Waals surface area contributed by atoms with E-state index in [1.54, 1.807) is 0 Å². The zero-order valence-electron chi connectivity index (χ0n) is 9.81. The molecule has 0 heterocycles. The Morgan fingerprint density at radius 1 is 1.25 bits per heavy atom. The van der Waals surface area contributed by atoms with Crippen LogP contribution in [0.25, 0.3) is 0 Å². The number of hydrogen-bond acceptors (Lipinski definition) is 4. The summed E-state index contributed by atoms with van der Waals surface area (Å²) in [7, 11) is -4.03. The van der Waals surface area contributed by atoms with Gasteiger partial charge in [0.25, 0.3) is 10.0 Å². The highest BCUT2D eigenvalue weighted by atomic mass is 35.5. The van der Waals surface area contributed by atoms with Crippen molar-refractivity contribution in [3.05, 3.63) is 29.3 Å². The van der Waals surface area contributed by atoms with E-state index in [0.29, 0.717) is 7.11 Å². The first-order valence-corrected chi connectivity index (χ1v) is 6.66. The predicted octanol–water partition coefficient (Wildman–Crippen LogP) is 2.21. The third-order valence-corrected chi connectivity index (χ3v) is 3.51. The number of methoxy groups -OCH3 is 1. The summed E-state index contributed by atoms with van der Waals surface area (Å²) in [5.41, 5.74) is -2.16. The summed E-state index contributed by atoms with van der Waals surface area (Å²) in [4.78, 5) is 10.4. The molecule has 0 aliphatic heterocycles. The Morgan fingerprint density at radius 3 is 2.15 bits per heavy atom. The van der Waals surface area contributed by atoms with E-state index < -0.39 is 32.8 Å². The zero-order valence-corrected chi connectivity index (χ0v) is 11.4. The average Bonchev–Trinajstić information content (AvgIpc) is 2.34. The lowest BCUT2D eigenvalue weighted by molar-refractivity contribution is -0.137. The SMILES string of the molecule is COC(=O)/C(=N\S(=O)(=O)c1ccc(Cl)cc1)C(F)(F)F. The smallest absolute Gasteiger partial charge is 0.441 e. The van der Waals surface area contributed by atoms with E-state index in [4.69, 9.17) is 11.6 Å². The number of halogens is 4. The van der Waals surface area contributed by atoms with Gasteiger partial charge in [0.05, 0.1) is 12.0 Å². The molecule has 0 saturated carbocycles. The number of alkyl halides is 3. The molecule has 0 aromatic heterocycles. The first kappa shape index (κ1) is 16.4. The molecule has 0 N–H and O–H groups in total. The molecule has 1 rings (SSSR count). The number of rotatable bonds is 3. The minimum absolute atomic E-state index is 0.192. The molecule has 5 nitrogen and oxygen atoms in total. The molecule has 110 valence electrons. The molecular formula is C10H7ClF3NO4S. The largest absolute Gasteiger partial charge is 0.464 e. The Bertz CT molecular complexity index is 637. The van der Waals surface area contributed by atoms with Crippen molar-refractivity contribution in [3.63, 3.8) is 0 Å². The molecule has 1 aromatic rings. The van der Waals surface area contributed by atoms with E-state index in [0.717, 1.165) is 24.3 Å². The lowest BCUT2D eigenvalue weighted by atomic mass is 10.4. The van der Waals surface area contributed by atoms with Gasteiger partial charge in [0.2, 0.25) is 5.71 Å². The molecule has 0 aliphatic rings. The quantitative estimate of drug-likeness (QED) is 0.629. The Labute approximate surface area is 117 Å². The first-order chi connectivity index (χ1) is 9.08. The highest BCUT2D eigenvalue weighted by Gasteiger charge is 2.43. The summed E-state index contributed by atoms with van der Waals surface area (Å²) in [6.07, 6.45) is -5.26. The maximum atomic E-state index is 12.6. The summed E-state index contributed by atoms with van der Waals surface area (Å²) < 4.78 is 67.4. The molecular weight excluding hydrogens is 323 g/mol. The lowest BCUT2D eigenvalue weighted by Gasteiger charge is -2.08. The van der Waals surface area contributed by atoms with Gasteiger partial charge in [-0.15, -0.1) is 4.40 Å². The maximum Gasteiger partial charge on any atom is 0.441 e. The highest BCUT2D eigenvalue weighted by molar-refractivity contribution is 7.90. The number of esters is 1. The summed E-state index contributed by atoms with van der Waals surface area (Å²) in [5, 5.41) is 0.192. The number of benzene rings is 1. The molecule has 0 radical (unpaired) electrons. The Balaban J connectivity index is 3.36. The Kier molecular flexibility index (Phi) is 4.77. The van der Waals surface area contributed by atoms with E-state index in [9.17, 15) is 26.4 Å². The van der Waals surface area contributed by atoms with Crippen LogP contribution in [0.2, 0.25) is 5.02 Å². The molecule has 0 amide bonds. The molecule has 0 spiro atoms. The second-order valence-corrected chi connectivity index (χ2v) is 5.40. The molecule has 1 aromatic carbocycles. The second kappa shape index (κ2) is 5.80. The Morgan fingerprint density at radius 2 is 1.75 bits per heavy atom. The van der Waals surface area contributed by atoms with Crippen molar-refractivity contribution >= 4 is 33.3 Å². The maximum absolute atomic E-state index is 12.6. The lowest BCUT2D eigenvalue weighted by Crippen LogP contribution is -2.33. The van der Waals surface area contributed by atoms with Crippen LogP contribution in [0.4, 0.5) is 13.2 Å². The molecule has 0 aliphatic carbocycles. The van der Waals surface area contributed by atoms with E-state index in [1.807, 2.05) is 0 Å². The number of carbonyl (C=O) groups excluding carboxylic acids is 1. The summed E-state index contributed by atoms with van der Waals surface area (Å²) >= 11 is 5.53. The Hall–Kier alpha value is -1.61. The second-order valence-electron chi connectivity index (χ2n) is 3.36.